The molecular weight excluding hydrogens is 394 g/mol. The number of carbonyl (C=O) groups excluding carboxylic acids is 2. The molecule has 2 aromatic heterocycles. The number of aromatic nitrogens is 1. The Labute approximate surface area is 181 Å². The Morgan fingerprint density at radius 1 is 1.23 bits per heavy atom. The number of nitrogens with one attached hydrogen (secondary N) is 1. The van der Waals surface area contributed by atoms with Crippen LogP contribution in [0.2, 0.25) is 0 Å². The van der Waals surface area contributed by atoms with E-state index in [0.717, 1.165) is 28.9 Å². The van der Waals surface area contributed by atoms with Crippen LogP contribution >= 0.6 is 0 Å². The lowest BCUT2D eigenvalue weighted by atomic mass is 10.1. The maximum atomic E-state index is 12.7. The first-order valence-electron chi connectivity index (χ1n) is 10.3. The Balaban J connectivity index is 1.34. The number of nitrogens with zero attached hydrogens (tertiary/aromatic N) is 2. The number of hydrogen-bond donors (Lipinski definition) is 1. The second kappa shape index (κ2) is 9.04. The Hall–Kier alpha value is -3.61. The van der Waals surface area contributed by atoms with Crippen LogP contribution in [0.5, 0.6) is 11.6 Å². The molecule has 3 heterocycles. The van der Waals surface area contributed by atoms with Crippen molar-refractivity contribution in [3.05, 3.63) is 77.4 Å². The molecule has 31 heavy (non-hydrogen) atoms. The van der Waals surface area contributed by atoms with Crippen molar-refractivity contribution in [2.45, 2.75) is 39.3 Å². The number of furan rings is 1. The standard InChI is InChI=1S/C24H25N3O4/c1-16-7-8-17(2)21(13-16)31-22-10-9-18(14-25-22)15-26-23(28)19-5-3-11-27(19)24(29)20-6-4-12-30-20/h4,6-10,12-14,19H,3,5,11,15H2,1-2H3,(H,26,28). The van der Waals surface area contributed by atoms with E-state index >= 15 is 0 Å². The third-order valence-corrected chi connectivity index (χ3v) is 5.37. The molecule has 1 aliphatic heterocycles. The third kappa shape index (κ3) is 4.77. The molecule has 1 fully saturated rings. The summed E-state index contributed by atoms with van der Waals surface area (Å²) in [4.78, 5) is 31.2. The Morgan fingerprint density at radius 3 is 2.84 bits per heavy atom. The highest BCUT2D eigenvalue weighted by Crippen LogP contribution is 2.25. The SMILES string of the molecule is Cc1ccc(C)c(Oc2ccc(CNC(=O)C3CCCN3C(=O)c3ccco3)cn2)c1. The van der Waals surface area contributed by atoms with Gasteiger partial charge >= 0.3 is 0 Å². The number of likely N-dealkylation sites (tertiary alicyclic amines) is 1. The highest BCUT2D eigenvalue weighted by molar-refractivity contribution is 5.95. The van der Waals surface area contributed by atoms with Crippen molar-refractivity contribution in [1.29, 1.82) is 0 Å². The molecule has 0 spiro atoms. The summed E-state index contributed by atoms with van der Waals surface area (Å²) in [5.41, 5.74) is 3.00. The summed E-state index contributed by atoms with van der Waals surface area (Å²) >= 11 is 0. The number of carbonyl (C=O) groups is 2. The average molecular weight is 419 g/mol. The summed E-state index contributed by atoms with van der Waals surface area (Å²) in [6, 6.07) is 12.5. The lowest BCUT2D eigenvalue weighted by molar-refractivity contribution is -0.125. The van der Waals surface area contributed by atoms with E-state index in [2.05, 4.69) is 10.3 Å². The van der Waals surface area contributed by atoms with Crippen LogP contribution in [0.4, 0.5) is 0 Å². The average Bonchev–Trinajstić information content (AvgIpc) is 3.47. The van der Waals surface area contributed by atoms with Crippen LogP contribution in [-0.4, -0.2) is 34.3 Å². The summed E-state index contributed by atoms with van der Waals surface area (Å²) < 4.78 is 11.1. The molecule has 2 amide bonds. The van der Waals surface area contributed by atoms with Crippen LogP contribution in [0.15, 0.2) is 59.3 Å². The van der Waals surface area contributed by atoms with Gasteiger partial charge in [0, 0.05) is 25.4 Å². The number of amides is 2. The van der Waals surface area contributed by atoms with E-state index in [9.17, 15) is 9.59 Å². The van der Waals surface area contributed by atoms with E-state index in [0.29, 0.717) is 25.4 Å². The van der Waals surface area contributed by atoms with Crippen LogP contribution in [0, 0.1) is 13.8 Å². The van der Waals surface area contributed by atoms with Crippen molar-refractivity contribution in [1.82, 2.24) is 15.2 Å². The van der Waals surface area contributed by atoms with E-state index in [1.165, 1.54) is 6.26 Å². The quantitative estimate of drug-likeness (QED) is 0.653. The van der Waals surface area contributed by atoms with Crippen LogP contribution in [0.25, 0.3) is 0 Å². The molecule has 0 aliphatic carbocycles. The van der Waals surface area contributed by atoms with Gasteiger partial charge < -0.3 is 19.4 Å². The highest BCUT2D eigenvalue weighted by atomic mass is 16.5. The molecule has 1 saturated heterocycles. The lowest BCUT2D eigenvalue weighted by Crippen LogP contribution is -2.45. The number of ether oxygens (including phenoxy) is 1. The first-order chi connectivity index (χ1) is 15.0. The number of pyridine rings is 1. The minimum Gasteiger partial charge on any atom is -0.459 e. The van der Waals surface area contributed by atoms with E-state index < -0.39 is 6.04 Å². The number of aryl methyl sites for hydroxylation is 2. The third-order valence-electron chi connectivity index (χ3n) is 5.37. The zero-order valence-electron chi connectivity index (χ0n) is 17.6. The van der Waals surface area contributed by atoms with Gasteiger partial charge in [-0.1, -0.05) is 18.2 Å². The highest BCUT2D eigenvalue weighted by Gasteiger charge is 2.35. The van der Waals surface area contributed by atoms with Crippen molar-refractivity contribution in [2.75, 3.05) is 6.54 Å². The van der Waals surface area contributed by atoms with E-state index in [4.69, 9.17) is 9.15 Å². The minimum absolute atomic E-state index is 0.173. The predicted octanol–water partition coefficient (Wildman–Crippen LogP) is 4.00. The largest absolute Gasteiger partial charge is 0.459 e. The molecule has 0 bridgehead atoms. The molecule has 1 unspecified atom stereocenters. The maximum absolute atomic E-state index is 12.7. The molecule has 0 saturated carbocycles. The summed E-state index contributed by atoms with van der Waals surface area (Å²) in [6.07, 6.45) is 4.57. The van der Waals surface area contributed by atoms with Crippen LogP contribution in [0.3, 0.4) is 0 Å². The van der Waals surface area contributed by atoms with Crippen molar-refractivity contribution < 1.29 is 18.7 Å². The molecule has 7 nitrogen and oxygen atoms in total. The molecule has 4 rings (SSSR count). The summed E-state index contributed by atoms with van der Waals surface area (Å²) in [5, 5.41) is 2.91. The normalized spacial score (nSPS) is 15.7. The van der Waals surface area contributed by atoms with Gasteiger partial charge in [-0.3, -0.25) is 9.59 Å². The van der Waals surface area contributed by atoms with Gasteiger partial charge in [0.15, 0.2) is 5.76 Å². The molecule has 3 aromatic rings. The number of benzene rings is 1. The first kappa shape index (κ1) is 20.7. The molecule has 1 N–H and O–H groups in total. The summed E-state index contributed by atoms with van der Waals surface area (Å²) in [6.45, 7) is 4.87. The second-order valence-corrected chi connectivity index (χ2v) is 7.73. The van der Waals surface area contributed by atoms with Gasteiger partial charge in [0.2, 0.25) is 11.8 Å². The van der Waals surface area contributed by atoms with Gasteiger partial charge in [0.1, 0.15) is 11.8 Å². The fraction of sp³-hybridized carbons (Fsp3) is 0.292. The number of hydrogen-bond acceptors (Lipinski definition) is 5. The Morgan fingerprint density at radius 2 is 2.10 bits per heavy atom. The minimum atomic E-state index is -0.488. The van der Waals surface area contributed by atoms with Crippen molar-refractivity contribution in [2.24, 2.45) is 0 Å². The topological polar surface area (TPSA) is 84.7 Å². The Bertz CT molecular complexity index is 1060. The zero-order valence-corrected chi connectivity index (χ0v) is 17.6. The lowest BCUT2D eigenvalue weighted by Gasteiger charge is -2.23. The van der Waals surface area contributed by atoms with Crippen molar-refractivity contribution in [3.63, 3.8) is 0 Å². The fourth-order valence-electron chi connectivity index (χ4n) is 3.64. The van der Waals surface area contributed by atoms with Crippen LogP contribution in [0.1, 0.15) is 40.1 Å². The van der Waals surface area contributed by atoms with Crippen molar-refractivity contribution in [3.8, 4) is 11.6 Å². The smallest absolute Gasteiger partial charge is 0.290 e. The molecule has 0 radical (unpaired) electrons. The summed E-state index contributed by atoms with van der Waals surface area (Å²) in [7, 11) is 0. The van der Waals surface area contributed by atoms with E-state index in [1.807, 2.05) is 38.1 Å². The monoisotopic (exact) mass is 419 g/mol. The van der Waals surface area contributed by atoms with Gasteiger partial charge in [-0.25, -0.2) is 4.98 Å². The summed E-state index contributed by atoms with van der Waals surface area (Å²) in [5.74, 6) is 1.10. The molecule has 7 heteroatoms. The molecule has 1 aromatic carbocycles. The predicted molar refractivity (Wildman–Crippen MR) is 115 cm³/mol. The second-order valence-electron chi connectivity index (χ2n) is 7.73. The van der Waals surface area contributed by atoms with E-state index in [1.54, 1.807) is 29.3 Å². The fourth-order valence-corrected chi connectivity index (χ4v) is 3.64. The molecule has 1 aliphatic rings. The van der Waals surface area contributed by atoms with Gasteiger partial charge in [-0.05, 0) is 61.6 Å². The Kier molecular flexibility index (Phi) is 6.02. The molecule has 160 valence electrons. The van der Waals surface area contributed by atoms with Crippen molar-refractivity contribution >= 4 is 11.8 Å². The molecular formula is C24H25N3O4. The van der Waals surface area contributed by atoms with Gasteiger partial charge in [0.05, 0.1) is 6.26 Å². The van der Waals surface area contributed by atoms with Gasteiger partial charge in [0.25, 0.3) is 5.91 Å². The zero-order chi connectivity index (χ0) is 21.8. The first-order valence-corrected chi connectivity index (χ1v) is 10.3. The van der Waals surface area contributed by atoms with E-state index in [-0.39, 0.29) is 17.6 Å². The van der Waals surface area contributed by atoms with Gasteiger partial charge in [-0.15, -0.1) is 0 Å². The number of rotatable bonds is 6. The molecule has 1 atom stereocenters. The maximum Gasteiger partial charge on any atom is 0.290 e. The van der Waals surface area contributed by atoms with Crippen LogP contribution < -0.4 is 10.1 Å². The van der Waals surface area contributed by atoms with Gasteiger partial charge in [-0.2, -0.15) is 0 Å². The van der Waals surface area contributed by atoms with Crippen LogP contribution in [-0.2, 0) is 11.3 Å².